The first kappa shape index (κ1) is 10.5. The summed E-state index contributed by atoms with van der Waals surface area (Å²) in [5.74, 6) is 1.20. The van der Waals surface area contributed by atoms with Gasteiger partial charge >= 0.3 is 0 Å². The van der Waals surface area contributed by atoms with Crippen LogP contribution in [-0.2, 0) is 0 Å². The number of rotatable bonds is 3. The van der Waals surface area contributed by atoms with Crippen molar-refractivity contribution in [1.82, 2.24) is 5.32 Å². The first-order chi connectivity index (χ1) is 6.84. The van der Waals surface area contributed by atoms with E-state index in [0.29, 0.717) is 0 Å². The van der Waals surface area contributed by atoms with Gasteiger partial charge in [-0.25, -0.2) is 0 Å². The maximum absolute atomic E-state index is 3.51. The van der Waals surface area contributed by atoms with Gasteiger partial charge in [0, 0.05) is 21.2 Å². The quantitative estimate of drug-likeness (QED) is 0.847. The monoisotopic (exact) mass is 271 g/mol. The van der Waals surface area contributed by atoms with Gasteiger partial charge in [0.25, 0.3) is 0 Å². The molecule has 1 aliphatic rings. The van der Waals surface area contributed by atoms with E-state index in [-0.39, 0.29) is 0 Å². The molecule has 1 fully saturated rings. The number of halogens is 1. The minimum absolute atomic E-state index is 0.726. The van der Waals surface area contributed by atoms with Crippen molar-refractivity contribution in [3.05, 3.63) is 28.7 Å². The number of hydrogen-bond donors (Lipinski definition) is 1. The summed E-state index contributed by atoms with van der Waals surface area (Å²) in [6.45, 7) is 1.20. The SMILES string of the molecule is Brc1ccc(SC[C@@H]2CCCN2)cc1. The zero-order valence-electron chi connectivity index (χ0n) is 8.00. The standard InChI is InChI=1S/C11H14BrNS/c12-9-3-5-11(6-4-9)14-8-10-2-1-7-13-10/h3-6,10,13H,1-2,7-8H2/t10-/m0/s1. The molecule has 0 aromatic heterocycles. The molecule has 1 N–H and O–H groups in total. The largest absolute Gasteiger partial charge is 0.313 e. The van der Waals surface area contributed by atoms with Gasteiger partial charge in [0.1, 0.15) is 0 Å². The third-order valence-corrected chi connectivity index (χ3v) is 4.13. The molecule has 76 valence electrons. The van der Waals surface area contributed by atoms with Crippen LogP contribution >= 0.6 is 27.7 Å². The average Bonchev–Trinajstić information content (AvgIpc) is 2.70. The molecule has 1 nitrogen and oxygen atoms in total. The van der Waals surface area contributed by atoms with E-state index in [1.165, 1.54) is 30.0 Å². The Balaban J connectivity index is 1.82. The minimum Gasteiger partial charge on any atom is -0.313 e. The molecule has 1 aliphatic heterocycles. The fourth-order valence-electron chi connectivity index (χ4n) is 1.63. The van der Waals surface area contributed by atoms with Gasteiger partial charge in [0.2, 0.25) is 0 Å². The summed E-state index contributed by atoms with van der Waals surface area (Å²) in [5, 5.41) is 3.51. The highest BCUT2D eigenvalue weighted by atomic mass is 79.9. The topological polar surface area (TPSA) is 12.0 Å². The second kappa shape index (κ2) is 5.19. The fourth-order valence-corrected chi connectivity index (χ4v) is 2.90. The van der Waals surface area contributed by atoms with Crippen LogP contribution in [0.1, 0.15) is 12.8 Å². The van der Waals surface area contributed by atoms with Crippen LogP contribution in [0.2, 0.25) is 0 Å². The zero-order chi connectivity index (χ0) is 9.80. The van der Waals surface area contributed by atoms with Crippen LogP contribution in [0.4, 0.5) is 0 Å². The summed E-state index contributed by atoms with van der Waals surface area (Å²) in [7, 11) is 0. The Labute approximate surface area is 97.8 Å². The molecule has 1 atom stereocenters. The molecule has 1 saturated heterocycles. The number of benzene rings is 1. The van der Waals surface area contributed by atoms with Crippen LogP contribution in [-0.4, -0.2) is 18.3 Å². The molecule has 0 radical (unpaired) electrons. The molecule has 0 aliphatic carbocycles. The summed E-state index contributed by atoms with van der Waals surface area (Å²) >= 11 is 5.38. The molecular formula is C11H14BrNS. The van der Waals surface area contributed by atoms with E-state index in [1.54, 1.807) is 0 Å². The van der Waals surface area contributed by atoms with Gasteiger partial charge in [-0.1, -0.05) is 15.9 Å². The molecule has 0 saturated carbocycles. The molecule has 1 aromatic rings. The van der Waals surface area contributed by atoms with Crippen LogP contribution in [0.25, 0.3) is 0 Å². The lowest BCUT2D eigenvalue weighted by Crippen LogP contribution is -2.23. The number of thioether (sulfide) groups is 1. The van der Waals surface area contributed by atoms with Gasteiger partial charge in [-0.15, -0.1) is 11.8 Å². The van der Waals surface area contributed by atoms with Crippen molar-refractivity contribution < 1.29 is 0 Å². The highest BCUT2D eigenvalue weighted by Gasteiger charge is 2.13. The first-order valence-corrected chi connectivity index (χ1v) is 6.74. The van der Waals surface area contributed by atoms with E-state index >= 15 is 0 Å². The van der Waals surface area contributed by atoms with Crippen molar-refractivity contribution >= 4 is 27.7 Å². The Morgan fingerprint density at radius 2 is 2.14 bits per heavy atom. The average molecular weight is 272 g/mol. The second-order valence-electron chi connectivity index (χ2n) is 3.56. The molecule has 3 heteroatoms. The van der Waals surface area contributed by atoms with Crippen molar-refractivity contribution in [3.8, 4) is 0 Å². The first-order valence-electron chi connectivity index (χ1n) is 4.96. The summed E-state index contributed by atoms with van der Waals surface area (Å²) in [6, 6.07) is 9.27. The van der Waals surface area contributed by atoms with Crippen molar-refractivity contribution in [1.29, 1.82) is 0 Å². The van der Waals surface area contributed by atoms with E-state index in [0.717, 1.165) is 10.5 Å². The minimum atomic E-state index is 0.726. The van der Waals surface area contributed by atoms with Gasteiger partial charge < -0.3 is 5.32 Å². The molecule has 14 heavy (non-hydrogen) atoms. The molecule has 1 heterocycles. The molecule has 0 bridgehead atoms. The summed E-state index contributed by atoms with van der Waals surface area (Å²) in [4.78, 5) is 1.36. The van der Waals surface area contributed by atoms with Crippen LogP contribution in [0.5, 0.6) is 0 Å². The van der Waals surface area contributed by atoms with E-state index in [9.17, 15) is 0 Å². The summed E-state index contributed by atoms with van der Waals surface area (Å²) in [6.07, 6.45) is 2.68. The van der Waals surface area contributed by atoms with Gasteiger partial charge in [0.15, 0.2) is 0 Å². The van der Waals surface area contributed by atoms with Crippen LogP contribution in [0, 0.1) is 0 Å². The maximum atomic E-state index is 3.51. The third-order valence-electron chi connectivity index (χ3n) is 2.43. The predicted octanol–water partition coefficient (Wildman–Crippen LogP) is 3.29. The van der Waals surface area contributed by atoms with E-state index in [1.807, 2.05) is 11.8 Å². The molecule has 1 aromatic carbocycles. The predicted molar refractivity (Wildman–Crippen MR) is 65.9 cm³/mol. The molecular weight excluding hydrogens is 258 g/mol. The molecule has 0 unspecified atom stereocenters. The molecule has 2 rings (SSSR count). The second-order valence-corrected chi connectivity index (χ2v) is 5.57. The van der Waals surface area contributed by atoms with Crippen molar-refractivity contribution in [2.45, 2.75) is 23.8 Å². The van der Waals surface area contributed by atoms with Crippen molar-refractivity contribution in [2.24, 2.45) is 0 Å². The summed E-state index contributed by atoms with van der Waals surface area (Å²) < 4.78 is 1.15. The maximum Gasteiger partial charge on any atom is 0.0176 e. The van der Waals surface area contributed by atoms with Crippen molar-refractivity contribution in [2.75, 3.05) is 12.3 Å². The fraction of sp³-hybridized carbons (Fsp3) is 0.455. The van der Waals surface area contributed by atoms with Crippen LogP contribution < -0.4 is 5.32 Å². The Hall–Kier alpha value is 0.01000. The molecule has 0 amide bonds. The highest BCUT2D eigenvalue weighted by molar-refractivity contribution is 9.10. The van der Waals surface area contributed by atoms with Gasteiger partial charge in [-0.05, 0) is 43.7 Å². The smallest absolute Gasteiger partial charge is 0.0176 e. The number of nitrogens with one attached hydrogen (secondary N) is 1. The lowest BCUT2D eigenvalue weighted by atomic mass is 10.3. The Morgan fingerprint density at radius 3 is 2.79 bits per heavy atom. The normalized spacial score (nSPS) is 21.4. The van der Waals surface area contributed by atoms with E-state index < -0.39 is 0 Å². The van der Waals surface area contributed by atoms with Crippen LogP contribution in [0.3, 0.4) is 0 Å². The van der Waals surface area contributed by atoms with Gasteiger partial charge in [-0.3, -0.25) is 0 Å². The van der Waals surface area contributed by atoms with Crippen molar-refractivity contribution in [3.63, 3.8) is 0 Å². The Kier molecular flexibility index (Phi) is 3.90. The molecule has 0 spiro atoms. The lowest BCUT2D eigenvalue weighted by Gasteiger charge is -2.08. The van der Waals surface area contributed by atoms with Gasteiger partial charge in [-0.2, -0.15) is 0 Å². The Bertz CT molecular complexity index is 280. The number of hydrogen-bond acceptors (Lipinski definition) is 2. The third kappa shape index (κ3) is 3.01. The van der Waals surface area contributed by atoms with E-state index in [2.05, 4.69) is 45.5 Å². The zero-order valence-corrected chi connectivity index (χ0v) is 10.4. The van der Waals surface area contributed by atoms with Crippen LogP contribution in [0.15, 0.2) is 33.6 Å². The van der Waals surface area contributed by atoms with E-state index in [4.69, 9.17) is 0 Å². The highest BCUT2D eigenvalue weighted by Crippen LogP contribution is 2.23. The van der Waals surface area contributed by atoms with Gasteiger partial charge in [0.05, 0.1) is 0 Å². The Morgan fingerprint density at radius 1 is 1.36 bits per heavy atom. The lowest BCUT2D eigenvalue weighted by molar-refractivity contribution is 0.674. The summed E-state index contributed by atoms with van der Waals surface area (Å²) in [5.41, 5.74) is 0.